The topological polar surface area (TPSA) is 95.9 Å². The molecular formula is C12H23NO5. The molecule has 6 nitrogen and oxygen atoms in total. The summed E-state index contributed by atoms with van der Waals surface area (Å²) >= 11 is 0. The van der Waals surface area contributed by atoms with Crippen molar-refractivity contribution in [1.29, 1.82) is 0 Å². The summed E-state index contributed by atoms with van der Waals surface area (Å²) in [6, 6.07) is -0.940. The molecule has 0 bridgehead atoms. The lowest BCUT2D eigenvalue weighted by Crippen LogP contribution is -2.54. The molecule has 3 N–H and O–H groups in total. The number of ether oxygens (including phenoxy) is 1. The zero-order valence-corrected chi connectivity index (χ0v) is 11.8. The minimum absolute atomic E-state index is 0.616. The lowest BCUT2D eigenvalue weighted by Gasteiger charge is -2.33. The summed E-state index contributed by atoms with van der Waals surface area (Å²) in [6.07, 6.45) is -2.43. The van der Waals surface area contributed by atoms with Crippen molar-refractivity contribution < 1.29 is 24.5 Å². The molecule has 0 aromatic carbocycles. The highest BCUT2D eigenvalue weighted by Gasteiger charge is 2.37. The highest BCUT2D eigenvalue weighted by atomic mass is 16.6. The molecule has 0 aliphatic rings. The predicted molar refractivity (Wildman–Crippen MR) is 66.3 cm³/mol. The highest BCUT2D eigenvalue weighted by molar-refractivity contribution is 5.75. The van der Waals surface area contributed by atoms with Crippen LogP contribution < -0.4 is 5.32 Å². The minimum atomic E-state index is -1.68. The van der Waals surface area contributed by atoms with Gasteiger partial charge in [0.2, 0.25) is 0 Å². The van der Waals surface area contributed by atoms with Crippen LogP contribution in [-0.4, -0.2) is 40.0 Å². The fourth-order valence-corrected chi connectivity index (χ4v) is 1.35. The smallest absolute Gasteiger partial charge is 0.407 e. The molecule has 6 heteroatoms. The molecular weight excluding hydrogens is 238 g/mol. The molecule has 0 heterocycles. The second-order valence-electron chi connectivity index (χ2n) is 6.27. The van der Waals surface area contributed by atoms with Crippen molar-refractivity contribution in [2.75, 3.05) is 0 Å². The third-order valence-corrected chi connectivity index (χ3v) is 2.17. The van der Waals surface area contributed by atoms with Crippen LogP contribution >= 0.6 is 0 Å². The summed E-state index contributed by atoms with van der Waals surface area (Å²) in [6.45, 7) is 10.3. The molecule has 0 spiro atoms. The number of carbonyl (C=O) groups is 2. The first-order valence-electron chi connectivity index (χ1n) is 5.75. The molecule has 0 aliphatic carbocycles. The van der Waals surface area contributed by atoms with Gasteiger partial charge >= 0.3 is 12.1 Å². The molecule has 0 unspecified atom stereocenters. The summed E-state index contributed by atoms with van der Waals surface area (Å²) < 4.78 is 5.04. The van der Waals surface area contributed by atoms with Crippen LogP contribution in [0.2, 0.25) is 0 Å². The van der Waals surface area contributed by atoms with Crippen molar-refractivity contribution in [3.05, 3.63) is 0 Å². The zero-order valence-electron chi connectivity index (χ0n) is 11.8. The third-order valence-electron chi connectivity index (χ3n) is 2.17. The number of hydrogen-bond donors (Lipinski definition) is 3. The zero-order chi connectivity index (χ0) is 14.7. The van der Waals surface area contributed by atoms with Crippen LogP contribution in [0.3, 0.4) is 0 Å². The number of alkyl carbamates (subject to hydrolysis) is 1. The molecule has 0 aliphatic heterocycles. The summed E-state index contributed by atoms with van der Waals surface area (Å²) in [5, 5.41) is 20.8. The van der Waals surface area contributed by atoms with Gasteiger partial charge in [0.05, 0.1) is 6.04 Å². The van der Waals surface area contributed by atoms with E-state index in [1.807, 2.05) is 0 Å². The van der Waals surface area contributed by atoms with E-state index in [0.29, 0.717) is 0 Å². The Morgan fingerprint density at radius 1 is 1.11 bits per heavy atom. The van der Waals surface area contributed by atoms with Gasteiger partial charge < -0.3 is 20.3 Å². The predicted octanol–water partition coefficient (Wildman–Crippen LogP) is 1.37. The Kier molecular flexibility index (Phi) is 5.16. The number of carboxylic acid groups (broad SMARTS) is 1. The van der Waals surface area contributed by atoms with Crippen molar-refractivity contribution in [2.24, 2.45) is 5.41 Å². The van der Waals surface area contributed by atoms with E-state index < -0.39 is 35.2 Å². The van der Waals surface area contributed by atoms with Crippen LogP contribution in [0.5, 0.6) is 0 Å². The highest BCUT2D eigenvalue weighted by Crippen LogP contribution is 2.22. The van der Waals surface area contributed by atoms with Crippen molar-refractivity contribution in [3.8, 4) is 0 Å². The number of amides is 1. The molecule has 0 fully saturated rings. The first-order valence-corrected chi connectivity index (χ1v) is 5.75. The van der Waals surface area contributed by atoms with E-state index in [-0.39, 0.29) is 0 Å². The van der Waals surface area contributed by atoms with E-state index >= 15 is 0 Å². The normalized spacial score (nSPS) is 15.7. The largest absolute Gasteiger partial charge is 0.479 e. The van der Waals surface area contributed by atoms with E-state index in [1.165, 1.54) is 0 Å². The molecule has 0 saturated carbocycles. The third kappa shape index (κ3) is 5.86. The Hall–Kier alpha value is -1.30. The molecule has 18 heavy (non-hydrogen) atoms. The second kappa shape index (κ2) is 5.56. The van der Waals surface area contributed by atoms with E-state index in [2.05, 4.69) is 5.32 Å². The molecule has 106 valence electrons. The Balaban J connectivity index is 4.83. The van der Waals surface area contributed by atoms with E-state index in [0.717, 1.165) is 0 Å². The number of aliphatic hydroxyl groups is 1. The molecule has 0 saturated heterocycles. The summed E-state index contributed by atoms with van der Waals surface area (Å²) in [5.41, 5.74) is -1.30. The van der Waals surface area contributed by atoms with Crippen molar-refractivity contribution in [1.82, 2.24) is 5.32 Å². The summed E-state index contributed by atoms with van der Waals surface area (Å²) in [7, 11) is 0. The quantitative estimate of drug-likeness (QED) is 0.713. The molecule has 1 amide bonds. The van der Waals surface area contributed by atoms with Gasteiger partial charge in [0, 0.05) is 0 Å². The number of rotatable bonds is 3. The maximum Gasteiger partial charge on any atom is 0.407 e. The Labute approximate surface area is 107 Å². The number of aliphatic carboxylic acids is 1. The van der Waals surface area contributed by atoms with Crippen LogP contribution in [-0.2, 0) is 9.53 Å². The first kappa shape index (κ1) is 16.7. The van der Waals surface area contributed by atoms with Crippen LogP contribution in [0.1, 0.15) is 41.5 Å². The number of nitrogens with one attached hydrogen (secondary N) is 1. The van der Waals surface area contributed by atoms with E-state index in [9.17, 15) is 14.7 Å². The van der Waals surface area contributed by atoms with Gasteiger partial charge in [-0.2, -0.15) is 0 Å². The fourth-order valence-electron chi connectivity index (χ4n) is 1.35. The Bertz CT molecular complexity index is 313. The molecule has 0 rings (SSSR count). The lowest BCUT2D eigenvalue weighted by molar-refractivity contribution is -0.149. The van der Waals surface area contributed by atoms with Crippen LogP contribution in [0.15, 0.2) is 0 Å². The van der Waals surface area contributed by atoms with E-state index in [1.54, 1.807) is 41.5 Å². The average molecular weight is 261 g/mol. The number of aliphatic hydroxyl groups excluding tert-OH is 1. The molecule has 0 aromatic rings. The minimum Gasteiger partial charge on any atom is -0.479 e. The molecule has 0 aromatic heterocycles. The average Bonchev–Trinajstić information content (AvgIpc) is 2.08. The van der Waals surface area contributed by atoms with Gasteiger partial charge in [-0.1, -0.05) is 20.8 Å². The number of hydrogen-bond acceptors (Lipinski definition) is 4. The molecule has 2 atom stereocenters. The lowest BCUT2D eigenvalue weighted by atomic mass is 9.83. The summed E-state index contributed by atoms with van der Waals surface area (Å²) in [4.78, 5) is 22.4. The van der Waals surface area contributed by atoms with Crippen LogP contribution in [0, 0.1) is 5.41 Å². The number of carboxylic acids is 1. The second-order valence-corrected chi connectivity index (χ2v) is 6.27. The van der Waals surface area contributed by atoms with Gasteiger partial charge in [0.15, 0.2) is 6.10 Å². The van der Waals surface area contributed by atoms with Gasteiger partial charge in [0.1, 0.15) is 5.60 Å². The van der Waals surface area contributed by atoms with Crippen molar-refractivity contribution >= 4 is 12.1 Å². The van der Waals surface area contributed by atoms with Crippen molar-refractivity contribution in [3.63, 3.8) is 0 Å². The van der Waals surface area contributed by atoms with Crippen LogP contribution in [0.25, 0.3) is 0 Å². The van der Waals surface area contributed by atoms with Crippen molar-refractivity contribution in [2.45, 2.75) is 59.3 Å². The van der Waals surface area contributed by atoms with Gasteiger partial charge in [0.25, 0.3) is 0 Å². The van der Waals surface area contributed by atoms with Gasteiger partial charge in [-0.15, -0.1) is 0 Å². The van der Waals surface area contributed by atoms with Crippen LogP contribution in [0.4, 0.5) is 4.79 Å². The Morgan fingerprint density at radius 3 is 1.83 bits per heavy atom. The molecule has 0 radical (unpaired) electrons. The first-order chi connectivity index (χ1) is 7.84. The maximum absolute atomic E-state index is 11.6. The van der Waals surface area contributed by atoms with Gasteiger partial charge in [-0.25, -0.2) is 9.59 Å². The monoisotopic (exact) mass is 261 g/mol. The SMILES string of the molecule is CC(C)(C)OC(=O)N[C@H]([C@@H](O)C(=O)O)C(C)(C)C. The maximum atomic E-state index is 11.6. The summed E-state index contributed by atoms with van der Waals surface area (Å²) in [5.74, 6) is -1.38. The van der Waals surface area contributed by atoms with E-state index in [4.69, 9.17) is 9.84 Å². The standard InChI is InChI=1S/C12H23NO5/c1-11(2,3)8(7(14)9(15)16)13-10(17)18-12(4,5)6/h7-8,14H,1-6H3,(H,13,17)(H,15,16)/t7-,8-/m1/s1. The fraction of sp³-hybridized carbons (Fsp3) is 0.833. The van der Waals surface area contributed by atoms with Gasteiger partial charge in [-0.3, -0.25) is 0 Å². The Morgan fingerprint density at radius 2 is 1.56 bits per heavy atom. The van der Waals surface area contributed by atoms with Gasteiger partial charge in [-0.05, 0) is 26.2 Å². The number of carbonyl (C=O) groups excluding carboxylic acids is 1.